The molecule has 4 heteroatoms. The Bertz CT molecular complexity index is 1010. The highest BCUT2D eigenvalue weighted by Crippen LogP contribution is 2.32. The van der Waals surface area contributed by atoms with Crippen LogP contribution in [0.25, 0.3) is 27.9 Å². The highest BCUT2D eigenvalue weighted by atomic mass is 19.4. The molecule has 25 heavy (non-hydrogen) atoms. The van der Waals surface area contributed by atoms with Crippen molar-refractivity contribution in [3.63, 3.8) is 0 Å². The molecule has 0 atom stereocenters. The summed E-state index contributed by atoms with van der Waals surface area (Å²) in [6.07, 6.45) is -2.31. The minimum atomic E-state index is -4.32. The first-order valence-corrected chi connectivity index (χ1v) is 7.86. The number of fused-ring (bicyclic) bond motifs is 1. The lowest BCUT2D eigenvalue weighted by molar-refractivity contribution is -0.137. The van der Waals surface area contributed by atoms with Crippen LogP contribution in [0.2, 0.25) is 0 Å². The van der Waals surface area contributed by atoms with Gasteiger partial charge in [0.1, 0.15) is 0 Å². The van der Waals surface area contributed by atoms with Gasteiger partial charge in [0.2, 0.25) is 0 Å². The van der Waals surface area contributed by atoms with Gasteiger partial charge in [-0.3, -0.25) is 0 Å². The second-order valence-electron chi connectivity index (χ2n) is 5.88. The number of pyridine rings is 1. The highest BCUT2D eigenvalue weighted by Gasteiger charge is 2.30. The quantitative estimate of drug-likeness (QED) is 0.405. The Balaban J connectivity index is 1.81. The van der Waals surface area contributed by atoms with Crippen molar-refractivity contribution in [3.8, 4) is 22.4 Å². The lowest BCUT2D eigenvalue weighted by Crippen LogP contribution is -2.04. The first-order chi connectivity index (χ1) is 12.0. The van der Waals surface area contributed by atoms with Crippen molar-refractivity contribution in [2.75, 3.05) is 0 Å². The standard InChI is InChI=1S/C21H14F3N/c22-21(23,24)18-11-9-16(10-12-18)20-8-4-7-19-13-17(14-25(19)20)15-5-2-1-3-6-15/h1-14H. The van der Waals surface area contributed by atoms with Gasteiger partial charge in [-0.1, -0.05) is 48.5 Å². The molecule has 0 bridgehead atoms. The smallest absolute Gasteiger partial charge is 0.316 e. The molecule has 2 aromatic carbocycles. The summed E-state index contributed by atoms with van der Waals surface area (Å²) < 4.78 is 40.3. The molecule has 0 saturated carbocycles. The van der Waals surface area contributed by atoms with E-state index in [9.17, 15) is 13.2 Å². The van der Waals surface area contributed by atoms with Crippen LogP contribution in [0, 0.1) is 0 Å². The zero-order valence-corrected chi connectivity index (χ0v) is 13.2. The molecule has 1 nitrogen and oxygen atoms in total. The fourth-order valence-electron chi connectivity index (χ4n) is 2.99. The Labute approximate surface area is 143 Å². The number of halogens is 3. The molecular formula is C21H14F3N. The van der Waals surface area contributed by atoms with Crippen molar-refractivity contribution in [2.45, 2.75) is 6.18 Å². The maximum absolute atomic E-state index is 12.8. The van der Waals surface area contributed by atoms with Crippen LogP contribution in [0.5, 0.6) is 0 Å². The molecule has 0 fully saturated rings. The van der Waals surface area contributed by atoms with E-state index in [1.807, 2.05) is 59.1 Å². The number of hydrogen-bond donors (Lipinski definition) is 0. The fourth-order valence-corrected chi connectivity index (χ4v) is 2.99. The number of rotatable bonds is 2. The normalized spacial score (nSPS) is 11.8. The Morgan fingerprint density at radius 2 is 1.36 bits per heavy atom. The summed E-state index contributed by atoms with van der Waals surface area (Å²) in [5.41, 5.74) is 4.13. The van der Waals surface area contributed by atoms with Gasteiger partial charge in [-0.05, 0) is 41.5 Å². The molecule has 0 unspecified atom stereocenters. The first kappa shape index (κ1) is 15.5. The third-order valence-corrected chi connectivity index (χ3v) is 4.25. The second-order valence-corrected chi connectivity index (χ2v) is 5.88. The van der Waals surface area contributed by atoms with Gasteiger partial charge in [0, 0.05) is 17.3 Å². The van der Waals surface area contributed by atoms with Gasteiger partial charge in [-0.25, -0.2) is 0 Å². The summed E-state index contributed by atoms with van der Waals surface area (Å²) in [4.78, 5) is 0. The van der Waals surface area contributed by atoms with Gasteiger partial charge in [0.25, 0.3) is 0 Å². The van der Waals surface area contributed by atoms with E-state index in [-0.39, 0.29) is 0 Å². The van der Waals surface area contributed by atoms with E-state index in [0.717, 1.165) is 40.0 Å². The summed E-state index contributed by atoms with van der Waals surface area (Å²) in [7, 11) is 0. The third-order valence-electron chi connectivity index (χ3n) is 4.25. The minimum absolute atomic E-state index is 0.638. The van der Waals surface area contributed by atoms with Crippen molar-refractivity contribution < 1.29 is 13.2 Å². The molecule has 2 aromatic heterocycles. The monoisotopic (exact) mass is 337 g/mol. The van der Waals surface area contributed by atoms with Crippen molar-refractivity contribution in [1.82, 2.24) is 4.40 Å². The SMILES string of the molecule is FC(F)(F)c1ccc(-c2cccc3cc(-c4ccccc4)cn23)cc1. The van der Waals surface area contributed by atoms with E-state index in [2.05, 4.69) is 6.07 Å². The molecule has 4 rings (SSSR count). The Hall–Kier alpha value is -3.01. The van der Waals surface area contributed by atoms with Crippen LogP contribution >= 0.6 is 0 Å². The number of hydrogen-bond acceptors (Lipinski definition) is 0. The molecule has 0 N–H and O–H groups in total. The van der Waals surface area contributed by atoms with Gasteiger partial charge in [-0.2, -0.15) is 13.2 Å². The van der Waals surface area contributed by atoms with E-state index in [1.165, 1.54) is 12.1 Å². The Kier molecular flexibility index (Phi) is 3.61. The number of benzene rings is 2. The summed E-state index contributed by atoms with van der Waals surface area (Å²) in [6.45, 7) is 0. The number of alkyl halides is 3. The Morgan fingerprint density at radius 1 is 0.640 bits per heavy atom. The molecule has 0 aliphatic carbocycles. The predicted molar refractivity (Wildman–Crippen MR) is 93.3 cm³/mol. The molecule has 124 valence electrons. The molecule has 0 radical (unpaired) electrons. The zero-order valence-electron chi connectivity index (χ0n) is 13.2. The third kappa shape index (κ3) is 2.91. The average Bonchev–Trinajstić information content (AvgIpc) is 3.06. The highest BCUT2D eigenvalue weighted by molar-refractivity contribution is 5.74. The van der Waals surface area contributed by atoms with Crippen LogP contribution in [-0.4, -0.2) is 4.40 Å². The average molecular weight is 337 g/mol. The van der Waals surface area contributed by atoms with Gasteiger partial charge >= 0.3 is 6.18 Å². The van der Waals surface area contributed by atoms with Crippen molar-refractivity contribution in [3.05, 3.63) is 90.6 Å². The van der Waals surface area contributed by atoms with Gasteiger partial charge < -0.3 is 4.40 Å². The van der Waals surface area contributed by atoms with Crippen LogP contribution in [0.3, 0.4) is 0 Å². The van der Waals surface area contributed by atoms with Crippen molar-refractivity contribution >= 4 is 5.52 Å². The van der Waals surface area contributed by atoms with Crippen LogP contribution in [-0.2, 0) is 6.18 Å². The zero-order chi connectivity index (χ0) is 17.4. The number of aromatic nitrogens is 1. The maximum Gasteiger partial charge on any atom is 0.416 e. The van der Waals surface area contributed by atoms with Crippen LogP contribution in [0.15, 0.2) is 85.1 Å². The predicted octanol–water partition coefficient (Wildman–Crippen LogP) is 6.29. The molecule has 0 spiro atoms. The summed E-state index contributed by atoms with van der Waals surface area (Å²) in [5.74, 6) is 0. The summed E-state index contributed by atoms with van der Waals surface area (Å²) in [6, 6.07) is 23.1. The largest absolute Gasteiger partial charge is 0.416 e. The van der Waals surface area contributed by atoms with E-state index in [1.54, 1.807) is 0 Å². The van der Waals surface area contributed by atoms with Crippen molar-refractivity contribution in [2.24, 2.45) is 0 Å². The van der Waals surface area contributed by atoms with Gasteiger partial charge in [-0.15, -0.1) is 0 Å². The molecule has 0 aliphatic heterocycles. The molecular weight excluding hydrogens is 323 g/mol. The van der Waals surface area contributed by atoms with Crippen molar-refractivity contribution in [1.29, 1.82) is 0 Å². The van der Waals surface area contributed by atoms with Gasteiger partial charge in [0.15, 0.2) is 0 Å². The van der Waals surface area contributed by atoms with E-state index < -0.39 is 11.7 Å². The molecule has 0 amide bonds. The van der Waals surface area contributed by atoms with Crippen LogP contribution in [0.4, 0.5) is 13.2 Å². The lowest BCUT2D eigenvalue weighted by atomic mass is 10.1. The van der Waals surface area contributed by atoms with Crippen LogP contribution < -0.4 is 0 Å². The fraction of sp³-hybridized carbons (Fsp3) is 0.0476. The molecule has 0 aliphatic rings. The molecule has 2 heterocycles. The molecule has 4 aromatic rings. The van der Waals surface area contributed by atoms with E-state index in [0.29, 0.717) is 0 Å². The van der Waals surface area contributed by atoms with E-state index >= 15 is 0 Å². The topological polar surface area (TPSA) is 4.41 Å². The second kappa shape index (κ2) is 5.81. The van der Waals surface area contributed by atoms with E-state index in [4.69, 9.17) is 0 Å². The van der Waals surface area contributed by atoms with Crippen LogP contribution in [0.1, 0.15) is 5.56 Å². The minimum Gasteiger partial charge on any atom is -0.316 e. The maximum atomic E-state index is 12.8. The Morgan fingerprint density at radius 3 is 2.04 bits per heavy atom. The molecule has 0 saturated heterocycles. The first-order valence-electron chi connectivity index (χ1n) is 7.86. The lowest BCUT2D eigenvalue weighted by Gasteiger charge is -2.09. The summed E-state index contributed by atoms with van der Waals surface area (Å²) >= 11 is 0. The summed E-state index contributed by atoms with van der Waals surface area (Å²) in [5, 5.41) is 0. The van der Waals surface area contributed by atoms with Gasteiger partial charge in [0.05, 0.1) is 11.3 Å². The number of nitrogens with zero attached hydrogens (tertiary/aromatic N) is 1.